The van der Waals surface area contributed by atoms with Crippen LogP contribution in [0.25, 0.3) is 0 Å². The van der Waals surface area contributed by atoms with Gasteiger partial charge >= 0.3 is 11.9 Å². The van der Waals surface area contributed by atoms with Gasteiger partial charge in [0, 0.05) is 13.7 Å². The zero-order valence-electron chi connectivity index (χ0n) is 10.8. The monoisotopic (exact) mass is 251 g/mol. The summed E-state index contributed by atoms with van der Waals surface area (Å²) in [5.41, 5.74) is 2.36. The maximum absolute atomic E-state index is 11.7. The molecule has 0 aliphatic carbocycles. The molecule has 0 saturated heterocycles. The largest absolute Gasteiger partial charge is 0.474 e. The molecule has 1 rings (SSSR count). The summed E-state index contributed by atoms with van der Waals surface area (Å²) in [5.74, 6) is -2.40. The van der Waals surface area contributed by atoms with Crippen molar-refractivity contribution in [3.05, 3.63) is 29.3 Å². The number of aryl methyl sites for hydroxylation is 2. The van der Waals surface area contributed by atoms with Gasteiger partial charge in [-0.3, -0.25) is 9.69 Å². The summed E-state index contributed by atoms with van der Waals surface area (Å²) in [6.07, 6.45) is 0. The second kappa shape index (κ2) is 6.16. The van der Waals surface area contributed by atoms with Gasteiger partial charge in [-0.15, -0.1) is 0 Å². The molecule has 0 radical (unpaired) electrons. The first-order valence-electron chi connectivity index (χ1n) is 5.59. The molecule has 5 heteroatoms. The van der Waals surface area contributed by atoms with Crippen molar-refractivity contribution >= 4 is 17.6 Å². The Morgan fingerprint density at radius 1 is 1.28 bits per heavy atom. The summed E-state index contributed by atoms with van der Waals surface area (Å²) >= 11 is 0. The molecule has 98 valence electrons. The van der Waals surface area contributed by atoms with Crippen molar-refractivity contribution in [3.63, 3.8) is 0 Å². The van der Waals surface area contributed by atoms with E-state index in [1.54, 1.807) is 0 Å². The van der Waals surface area contributed by atoms with Gasteiger partial charge < -0.3 is 9.84 Å². The van der Waals surface area contributed by atoms with Crippen LogP contribution in [0.1, 0.15) is 11.1 Å². The van der Waals surface area contributed by atoms with Gasteiger partial charge in [-0.05, 0) is 25.0 Å². The maximum Gasteiger partial charge on any atom is 0.394 e. The summed E-state index contributed by atoms with van der Waals surface area (Å²) in [6, 6.07) is 5.56. The smallest absolute Gasteiger partial charge is 0.394 e. The Morgan fingerprint density at radius 3 is 2.28 bits per heavy atom. The Balaban J connectivity index is 3.17. The average molecular weight is 251 g/mol. The first-order valence-corrected chi connectivity index (χ1v) is 5.59. The van der Waals surface area contributed by atoms with E-state index in [1.165, 1.54) is 12.0 Å². The number of carboxylic acid groups (broad SMARTS) is 1. The number of methoxy groups -OCH3 is 1. The van der Waals surface area contributed by atoms with Crippen LogP contribution in [0.3, 0.4) is 0 Å². The number of rotatable bonds is 4. The fourth-order valence-corrected chi connectivity index (χ4v) is 1.84. The van der Waals surface area contributed by atoms with Crippen molar-refractivity contribution in [1.29, 1.82) is 0 Å². The van der Waals surface area contributed by atoms with Crippen LogP contribution in [0.2, 0.25) is 0 Å². The molecule has 0 spiro atoms. The van der Waals surface area contributed by atoms with E-state index >= 15 is 0 Å². The number of hydrogen-bond acceptors (Lipinski definition) is 3. The molecular weight excluding hydrogens is 234 g/mol. The minimum Gasteiger partial charge on any atom is -0.474 e. The topological polar surface area (TPSA) is 66.8 Å². The SMILES string of the molecule is COCCN(C(=O)C(=O)O)c1c(C)cccc1C. The highest BCUT2D eigenvalue weighted by molar-refractivity contribution is 6.37. The lowest BCUT2D eigenvalue weighted by Gasteiger charge is -2.24. The number of hydrogen-bond donors (Lipinski definition) is 1. The Bertz CT molecular complexity index is 436. The summed E-state index contributed by atoms with van der Waals surface area (Å²) in [4.78, 5) is 23.8. The Morgan fingerprint density at radius 2 is 1.83 bits per heavy atom. The van der Waals surface area contributed by atoms with Crippen molar-refractivity contribution in [1.82, 2.24) is 0 Å². The van der Waals surface area contributed by atoms with Gasteiger partial charge in [-0.2, -0.15) is 0 Å². The second-order valence-corrected chi connectivity index (χ2v) is 4.00. The molecule has 1 N–H and O–H groups in total. The number of ether oxygens (including phenoxy) is 1. The standard InChI is InChI=1S/C13H17NO4/c1-9-5-4-6-10(2)11(9)14(7-8-18-3)12(15)13(16)17/h4-6H,7-8H2,1-3H3,(H,16,17). The fraction of sp³-hybridized carbons (Fsp3) is 0.385. The lowest BCUT2D eigenvalue weighted by molar-refractivity contribution is -0.148. The predicted molar refractivity (Wildman–Crippen MR) is 67.8 cm³/mol. The molecule has 0 unspecified atom stereocenters. The number of amides is 1. The molecule has 5 nitrogen and oxygen atoms in total. The number of carbonyl (C=O) groups is 2. The van der Waals surface area contributed by atoms with Crippen LogP contribution in [0.15, 0.2) is 18.2 Å². The Hall–Kier alpha value is -1.88. The third-order valence-corrected chi connectivity index (χ3v) is 2.66. The quantitative estimate of drug-likeness (QED) is 0.821. The molecule has 1 amide bonds. The molecule has 1 aromatic rings. The molecule has 1 aromatic carbocycles. The van der Waals surface area contributed by atoms with E-state index in [4.69, 9.17) is 9.84 Å². The minimum absolute atomic E-state index is 0.216. The number of aliphatic carboxylic acids is 1. The molecule has 0 aliphatic heterocycles. The average Bonchev–Trinajstić information content (AvgIpc) is 2.32. The Labute approximate surface area is 106 Å². The summed E-state index contributed by atoms with van der Waals surface area (Å²) in [6.45, 7) is 4.19. The first-order chi connectivity index (χ1) is 8.49. The van der Waals surface area contributed by atoms with Gasteiger partial charge in [0.15, 0.2) is 0 Å². The number of anilines is 1. The van der Waals surface area contributed by atoms with Crippen LogP contribution in [0.5, 0.6) is 0 Å². The molecule has 0 bridgehead atoms. The summed E-state index contributed by atoms with van der Waals surface area (Å²) in [5, 5.41) is 8.86. The van der Waals surface area contributed by atoms with E-state index < -0.39 is 11.9 Å². The summed E-state index contributed by atoms with van der Waals surface area (Å²) < 4.78 is 4.92. The third-order valence-electron chi connectivity index (χ3n) is 2.66. The van der Waals surface area contributed by atoms with Gasteiger partial charge in [0.25, 0.3) is 0 Å². The van der Waals surface area contributed by atoms with Crippen molar-refractivity contribution in [3.8, 4) is 0 Å². The number of carboxylic acids is 1. The van der Waals surface area contributed by atoms with Crippen LogP contribution >= 0.6 is 0 Å². The fourth-order valence-electron chi connectivity index (χ4n) is 1.84. The van der Waals surface area contributed by atoms with Crippen LogP contribution in [-0.4, -0.2) is 37.2 Å². The van der Waals surface area contributed by atoms with E-state index in [2.05, 4.69) is 0 Å². The highest BCUT2D eigenvalue weighted by Crippen LogP contribution is 2.24. The number of benzene rings is 1. The number of carbonyl (C=O) groups excluding carboxylic acids is 1. The van der Waals surface area contributed by atoms with Crippen LogP contribution < -0.4 is 4.90 Å². The molecular formula is C13H17NO4. The van der Waals surface area contributed by atoms with Gasteiger partial charge in [0.05, 0.1) is 12.3 Å². The lowest BCUT2D eigenvalue weighted by Crippen LogP contribution is -2.39. The van der Waals surface area contributed by atoms with Gasteiger partial charge in [-0.1, -0.05) is 18.2 Å². The van der Waals surface area contributed by atoms with Gasteiger partial charge in [0.2, 0.25) is 0 Å². The molecule has 0 aliphatic rings. The zero-order chi connectivity index (χ0) is 13.7. The number of para-hydroxylation sites is 1. The zero-order valence-corrected chi connectivity index (χ0v) is 10.8. The molecule has 18 heavy (non-hydrogen) atoms. The lowest BCUT2D eigenvalue weighted by atomic mass is 10.1. The van der Waals surface area contributed by atoms with Crippen LogP contribution in [0, 0.1) is 13.8 Å². The summed E-state index contributed by atoms with van der Waals surface area (Å²) in [7, 11) is 1.51. The van der Waals surface area contributed by atoms with Crippen LogP contribution in [-0.2, 0) is 14.3 Å². The number of nitrogens with zero attached hydrogens (tertiary/aromatic N) is 1. The minimum atomic E-state index is -1.46. The highest BCUT2D eigenvalue weighted by Gasteiger charge is 2.24. The Kier molecular flexibility index (Phi) is 4.85. The van der Waals surface area contributed by atoms with E-state index in [-0.39, 0.29) is 13.2 Å². The van der Waals surface area contributed by atoms with Crippen molar-refractivity contribution in [2.45, 2.75) is 13.8 Å². The van der Waals surface area contributed by atoms with E-state index in [9.17, 15) is 9.59 Å². The van der Waals surface area contributed by atoms with E-state index in [0.29, 0.717) is 5.69 Å². The molecule has 0 saturated carbocycles. The van der Waals surface area contributed by atoms with Gasteiger partial charge in [-0.25, -0.2) is 4.79 Å². The van der Waals surface area contributed by atoms with E-state index in [1.807, 2.05) is 32.0 Å². The molecule has 0 atom stereocenters. The predicted octanol–water partition coefficient (Wildman–Crippen LogP) is 1.37. The second-order valence-electron chi connectivity index (χ2n) is 4.00. The molecule has 0 heterocycles. The van der Waals surface area contributed by atoms with Crippen molar-refractivity contribution in [2.24, 2.45) is 0 Å². The normalized spacial score (nSPS) is 10.2. The third kappa shape index (κ3) is 3.07. The molecule has 0 aromatic heterocycles. The van der Waals surface area contributed by atoms with Gasteiger partial charge in [0.1, 0.15) is 0 Å². The first kappa shape index (κ1) is 14.2. The maximum atomic E-state index is 11.7. The molecule has 0 fully saturated rings. The van der Waals surface area contributed by atoms with E-state index in [0.717, 1.165) is 11.1 Å². The highest BCUT2D eigenvalue weighted by atomic mass is 16.5. The van der Waals surface area contributed by atoms with Crippen molar-refractivity contribution < 1.29 is 19.4 Å². The van der Waals surface area contributed by atoms with Crippen LogP contribution in [0.4, 0.5) is 5.69 Å². The van der Waals surface area contributed by atoms with Crippen molar-refractivity contribution in [2.75, 3.05) is 25.2 Å².